The number of hydrogen-bond acceptors (Lipinski definition) is 5. The number of carbonyl (C=O) groups excluding carboxylic acids is 1. The van der Waals surface area contributed by atoms with Crippen LogP contribution >= 0.6 is 0 Å². The molecule has 1 aromatic carbocycles. The highest BCUT2D eigenvalue weighted by Gasteiger charge is 2.15. The van der Waals surface area contributed by atoms with Crippen LogP contribution in [0.25, 0.3) is 5.65 Å². The Bertz CT molecular complexity index is 981. The van der Waals surface area contributed by atoms with Crippen LogP contribution in [0.2, 0.25) is 0 Å². The van der Waals surface area contributed by atoms with Crippen LogP contribution in [0.1, 0.15) is 17.4 Å². The van der Waals surface area contributed by atoms with Crippen molar-refractivity contribution in [2.75, 3.05) is 11.3 Å². The zero-order chi connectivity index (χ0) is 17.2. The van der Waals surface area contributed by atoms with Crippen LogP contribution in [0.3, 0.4) is 0 Å². The SMILES string of the molecule is CCOC(=O)c1cn2cc(NS(=O)(=O)c3ccccc3)ccc2n1. The highest BCUT2D eigenvalue weighted by molar-refractivity contribution is 7.92. The molecule has 0 spiro atoms. The molecule has 0 atom stereocenters. The van der Waals surface area contributed by atoms with E-state index in [0.717, 1.165) is 0 Å². The van der Waals surface area contributed by atoms with E-state index in [9.17, 15) is 13.2 Å². The van der Waals surface area contributed by atoms with Crippen molar-refractivity contribution in [3.63, 3.8) is 0 Å². The van der Waals surface area contributed by atoms with Crippen LogP contribution < -0.4 is 4.72 Å². The molecule has 3 rings (SSSR count). The minimum atomic E-state index is -3.68. The molecule has 2 heterocycles. The topological polar surface area (TPSA) is 89.8 Å². The van der Waals surface area contributed by atoms with E-state index in [-0.39, 0.29) is 17.2 Å². The van der Waals surface area contributed by atoms with Gasteiger partial charge in [0.1, 0.15) is 5.65 Å². The highest BCUT2D eigenvalue weighted by Crippen LogP contribution is 2.17. The molecule has 0 saturated carbocycles. The number of esters is 1. The predicted molar refractivity (Wildman–Crippen MR) is 88.4 cm³/mol. The first-order valence-electron chi connectivity index (χ1n) is 7.23. The molecule has 24 heavy (non-hydrogen) atoms. The van der Waals surface area contributed by atoms with Crippen LogP contribution in [-0.2, 0) is 14.8 Å². The molecule has 8 heteroatoms. The number of fused-ring (bicyclic) bond motifs is 1. The van der Waals surface area contributed by atoms with E-state index in [1.165, 1.54) is 18.3 Å². The average molecular weight is 345 g/mol. The fourth-order valence-corrected chi connectivity index (χ4v) is 3.23. The molecule has 124 valence electrons. The van der Waals surface area contributed by atoms with Crippen LogP contribution in [0.4, 0.5) is 5.69 Å². The lowest BCUT2D eigenvalue weighted by molar-refractivity contribution is 0.0520. The number of anilines is 1. The zero-order valence-electron chi connectivity index (χ0n) is 12.8. The van der Waals surface area contributed by atoms with Gasteiger partial charge in [-0.05, 0) is 31.2 Å². The number of nitrogens with zero attached hydrogens (tertiary/aromatic N) is 2. The predicted octanol–water partition coefficient (Wildman–Crippen LogP) is 2.31. The third kappa shape index (κ3) is 3.23. The van der Waals surface area contributed by atoms with E-state index in [1.807, 2.05) is 0 Å². The van der Waals surface area contributed by atoms with Crippen LogP contribution in [0, 0.1) is 0 Å². The molecule has 0 aliphatic carbocycles. The Hall–Kier alpha value is -2.87. The Morgan fingerprint density at radius 1 is 1.17 bits per heavy atom. The molecular formula is C16H15N3O4S. The number of sulfonamides is 1. The largest absolute Gasteiger partial charge is 0.461 e. The summed E-state index contributed by atoms with van der Waals surface area (Å²) in [5.41, 5.74) is 1.04. The summed E-state index contributed by atoms with van der Waals surface area (Å²) in [5.74, 6) is -0.521. The summed E-state index contributed by atoms with van der Waals surface area (Å²) < 4.78 is 33.6. The summed E-state index contributed by atoms with van der Waals surface area (Å²) in [4.78, 5) is 16.0. The number of hydrogen-bond donors (Lipinski definition) is 1. The summed E-state index contributed by atoms with van der Waals surface area (Å²) in [6.45, 7) is 1.97. The number of benzene rings is 1. The van der Waals surface area contributed by atoms with E-state index >= 15 is 0 Å². The number of aromatic nitrogens is 2. The maximum absolute atomic E-state index is 12.3. The smallest absolute Gasteiger partial charge is 0.358 e. The molecule has 0 fully saturated rings. The quantitative estimate of drug-likeness (QED) is 0.717. The van der Waals surface area contributed by atoms with Crippen LogP contribution in [0.15, 0.2) is 59.8 Å². The molecule has 1 N–H and O–H groups in total. The molecule has 2 aromatic heterocycles. The third-order valence-electron chi connectivity index (χ3n) is 3.24. The van der Waals surface area contributed by atoms with Gasteiger partial charge in [0.25, 0.3) is 10.0 Å². The second-order valence-electron chi connectivity index (χ2n) is 4.95. The summed E-state index contributed by atoms with van der Waals surface area (Å²) in [6, 6.07) is 11.3. The summed E-state index contributed by atoms with van der Waals surface area (Å²) >= 11 is 0. The maximum atomic E-state index is 12.3. The van der Waals surface area contributed by atoms with Crippen molar-refractivity contribution in [3.8, 4) is 0 Å². The van der Waals surface area contributed by atoms with Crippen LogP contribution in [-0.4, -0.2) is 30.4 Å². The Morgan fingerprint density at radius 3 is 2.62 bits per heavy atom. The number of pyridine rings is 1. The first kappa shape index (κ1) is 16.0. The molecule has 7 nitrogen and oxygen atoms in total. The van der Waals surface area contributed by atoms with Gasteiger partial charge < -0.3 is 9.14 Å². The van der Waals surface area contributed by atoms with Crippen molar-refractivity contribution in [2.45, 2.75) is 11.8 Å². The fraction of sp³-hybridized carbons (Fsp3) is 0.125. The summed E-state index contributed by atoms with van der Waals surface area (Å²) in [5, 5.41) is 0. The van der Waals surface area contributed by atoms with Gasteiger partial charge in [-0.15, -0.1) is 0 Å². The number of ether oxygens (including phenoxy) is 1. The molecule has 0 aliphatic rings. The van der Waals surface area contributed by atoms with E-state index in [0.29, 0.717) is 11.3 Å². The first-order valence-corrected chi connectivity index (χ1v) is 8.71. The Kier molecular flexibility index (Phi) is 4.22. The number of imidazole rings is 1. The van der Waals surface area contributed by atoms with E-state index in [2.05, 4.69) is 9.71 Å². The molecule has 0 bridgehead atoms. The highest BCUT2D eigenvalue weighted by atomic mass is 32.2. The van der Waals surface area contributed by atoms with Crippen molar-refractivity contribution in [1.82, 2.24) is 9.38 Å². The second kappa shape index (κ2) is 6.32. The molecule has 0 aliphatic heterocycles. The van der Waals surface area contributed by atoms with E-state index in [4.69, 9.17) is 4.74 Å². The number of rotatable bonds is 5. The lowest BCUT2D eigenvalue weighted by Crippen LogP contribution is -2.13. The number of carbonyl (C=O) groups is 1. The first-order chi connectivity index (χ1) is 11.5. The van der Waals surface area contributed by atoms with Gasteiger partial charge in [0.05, 0.1) is 17.2 Å². The van der Waals surface area contributed by atoms with Crippen molar-refractivity contribution < 1.29 is 17.9 Å². The minimum absolute atomic E-state index is 0.167. The normalized spacial score (nSPS) is 11.4. The van der Waals surface area contributed by atoms with Gasteiger partial charge in [-0.1, -0.05) is 18.2 Å². The lowest BCUT2D eigenvalue weighted by Gasteiger charge is -2.08. The van der Waals surface area contributed by atoms with E-state index in [1.54, 1.807) is 47.9 Å². The average Bonchev–Trinajstić information content (AvgIpc) is 2.99. The van der Waals surface area contributed by atoms with Crippen molar-refractivity contribution in [3.05, 3.63) is 60.6 Å². The zero-order valence-corrected chi connectivity index (χ0v) is 13.7. The Balaban J connectivity index is 1.90. The molecular weight excluding hydrogens is 330 g/mol. The van der Waals surface area contributed by atoms with Gasteiger partial charge in [0, 0.05) is 12.4 Å². The van der Waals surface area contributed by atoms with Gasteiger partial charge in [-0.25, -0.2) is 18.2 Å². The van der Waals surface area contributed by atoms with Gasteiger partial charge in [-0.3, -0.25) is 4.72 Å². The summed E-state index contributed by atoms with van der Waals surface area (Å²) in [6.07, 6.45) is 3.04. The van der Waals surface area contributed by atoms with Crippen molar-refractivity contribution in [2.24, 2.45) is 0 Å². The Morgan fingerprint density at radius 2 is 1.92 bits per heavy atom. The minimum Gasteiger partial charge on any atom is -0.461 e. The van der Waals surface area contributed by atoms with Gasteiger partial charge in [0.2, 0.25) is 0 Å². The molecule has 0 amide bonds. The van der Waals surface area contributed by atoms with Gasteiger partial charge >= 0.3 is 5.97 Å². The maximum Gasteiger partial charge on any atom is 0.358 e. The Labute approximate surface area is 139 Å². The molecule has 3 aromatic rings. The van der Waals surface area contributed by atoms with E-state index < -0.39 is 16.0 Å². The van der Waals surface area contributed by atoms with Crippen molar-refractivity contribution in [1.29, 1.82) is 0 Å². The molecule has 0 unspecified atom stereocenters. The summed E-state index contributed by atoms with van der Waals surface area (Å²) in [7, 11) is -3.68. The monoisotopic (exact) mass is 345 g/mol. The van der Waals surface area contributed by atoms with Crippen molar-refractivity contribution >= 4 is 27.3 Å². The molecule has 0 radical (unpaired) electrons. The fourth-order valence-electron chi connectivity index (χ4n) is 2.17. The standard InChI is InChI=1S/C16H15N3O4S/c1-2-23-16(20)14-11-19-10-12(8-9-15(19)17-14)18-24(21,22)13-6-4-3-5-7-13/h3-11,18H,2H2,1H3. The molecule has 0 saturated heterocycles. The lowest BCUT2D eigenvalue weighted by atomic mass is 10.4. The van der Waals surface area contributed by atoms with Gasteiger partial charge in [0.15, 0.2) is 5.69 Å². The third-order valence-corrected chi connectivity index (χ3v) is 4.64. The second-order valence-corrected chi connectivity index (χ2v) is 6.63. The van der Waals surface area contributed by atoms with Crippen LogP contribution in [0.5, 0.6) is 0 Å². The van der Waals surface area contributed by atoms with Gasteiger partial charge in [-0.2, -0.15) is 0 Å². The number of nitrogens with one attached hydrogen (secondary N) is 1.